The zero-order valence-corrected chi connectivity index (χ0v) is 17.0. The fourth-order valence-corrected chi connectivity index (χ4v) is 3.47. The highest BCUT2D eigenvalue weighted by Gasteiger charge is 2.21. The molecule has 4 aromatic rings. The Bertz CT molecular complexity index is 1390. The summed E-state index contributed by atoms with van der Waals surface area (Å²) in [7, 11) is 0. The van der Waals surface area contributed by atoms with Gasteiger partial charge in [-0.05, 0) is 37.6 Å². The Balaban J connectivity index is 1.94. The average molecular weight is 412 g/mol. The number of hydrogen-bond donors (Lipinski definition) is 3. The summed E-state index contributed by atoms with van der Waals surface area (Å²) < 4.78 is 1.55. The average Bonchev–Trinajstić information content (AvgIpc) is 2.74. The number of para-hydroxylation sites is 2. The Morgan fingerprint density at radius 3 is 2.52 bits per heavy atom. The molecular formula is C22H20N8O. The van der Waals surface area contributed by atoms with Crippen LogP contribution in [0, 0.1) is 18.3 Å². The van der Waals surface area contributed by atoms with Gasteiger partial charge in [0.1, 0.15) is 23.3 Å². The van der Waals surface area contributed by atoms with Crippen molar-refractivity contribution in [3.05, 3.63) is 75.8 Å². The number of nitrogens with one attached hydrogen (secondary N) is 1. The molecule has 0 aliphatic rings. The molecule has 0 spiro atoms. The third-order valence-electron chi connectivity index (χ3n) is 4.95. The van der Waals surface area contributed by atoms with Gasteiger partial charge >= 0.3 is 0 Å². The number of fused-ring (bicyclic) bond motifs is 1. The number of aromatic nitrogens is 4. The predicted molar refractivity (Wildman–Crippen MR) is 120 cm³/mol. The number of anilines is 3. The van der Waals surface area contributed by atoms with Crippen molar-refractivity contribution in [2.45, 2.75) is 19.9 Å². The molecule has 0 fully saturated rings. The minimum absolute atomic E-state index is 0.0209. The monoisotopic (exact) mass is 412 g/mol. The Kier molecular flexibility index (Phi) is 4.97. The highest BCUT2D eigenvalue weighted by Crippen LogP contribution is 2.25. The molecule has 2 aromatic carbocycles. The summed E-state index contributed by atoms with van der Waals surface area (Å²) in [4.78, 5) is 26.2. The first-order valence-electron chi connectivity index (χ1n) is 9.58. The summed E-state index contributed by atoms with van der Waals surface area (Å²) in [6, 6.07) is 16.2. The molecule has 154 valence electrons. The molecule has 0 radical (unpaired) electrons. The Hall–Kier alpha value is -4.45. The number of aryl methyl sites for hydroxylation is 1. The van der Waals surface area contributed by atoms with E-state index >= 15 is 0 Å². The molecule has 0 bridgehead atoms. The van der Waals surface area contributed by atoms with Crippen molar-refractivity contribution in [2.24, 2.45) is 0 Å². The van der Waals surface area contributed by atoms with E-state index in [-0.39, 0.29) is 28.7 Å². The molecule has 1 unspecified atom stereocenters. The van der Waals surface area contributed by atoms with Gasteiger partial charge in [0, 0.05) is 0 Å². The molecule has 5 N–H and O–H groups in total. The van der Waals surface area contributed by atoms with Gasteiger partial charge < -0.3 is 16.8 Å². The molecule has 31 heavy (non-hydrogen) atoms. The van der Waals surface area contributed by atoms with Crippen molar-refractivity contribution >= 4 is 28.5 Å². The number of nitriles is 1. The van der Waals surface area contributed by atoms with Crippen LogP contribution in [0.15, 0.2) is 53.3 Å². The second-order valence-corrected chi connectivity index (χ2v) is 7.09. The SMILES string of the molecule is Cc1cccc2c(=O)n(-c3ccccc3)c(C(C)Nc3nc(N)nc(N)c3C#N)nc12. The van der Waals surface area contributed by atoms with Gasteiger partial charge in [0.2, 0.25) is 5.95 Å². The smallest absolute Gasteiger partial charge is 0.266 e. The minimum Gasteiger partial charge on any atom is -0.382 e. The minimum atomic E-state index is -0.516. The van der Waals surface area contributed by atoms with Crippen LogP contribution >= 0.6 is 0 Å². The molecule has 2 heterocycles. The normalized spacial score (nSPS) is 11.8. The third-order valence-corrected chi connectivity index (χ3v) is 4.95. The van der Waals surface area contributed by atoms with Gasteiger partial charge in [-0.25, -0.2) is 4.98 Å². The largest absolute Gasteiger partial charge is 0.382 e. The second-order valence-electron chi connectivity index (χ2n) is 7.09. The van der Waals surface area contributed by atoms with Crippen LogP contribution in [0.2, 0.25) is 0 Å². The summed E-state index contributed by atoms with van der Waals surface area (Å²) in [5.74, 6) is 0.554. The van der Waals surface area contributed by atoms with Crippen LogP contribution in [0.1, 0.15) is 29.9 Å². The van der Waals surface area contributed by atoms with E-state index in [0.717, 1.165) is 5.56 Å². The number of hydrogen-bond acceptors (Lipinski definition) is 8. The fourth-order valence-electron chi connectivity index (χ4n) is 3.47. The molecule has 0 aliphatic heterocycles. The van der Waals surface area contributed by atoms with E-state index in [1.807, 2.05) is 62.4 Å². The molecule has 0 saturated carbocycles. The van der Waals surface area contributed by atoms with Gasteiger partial charge in [0.25, 0.3) is 5.56 Å². The number of nitrogen functional groups attached to an aromatic ring is 2. The van der Waals surface area contributed by atoms with E-state index in [1.54, 1.807) is 10.6 Å². The van der Waals surface area contributed by atoms with E-state index in [0.29, 0.717) is 22.4 Å². The standard InChI is InChI=1S/C22H20N8O/c1-12-7-6-10-15-17(12)27-20(30(21(15)31)14-8-4-3-5-9-14)13(2)26-19-16(11-23)18(24)28-22(25)29-19/h3-10,13H,1-2H3,(H5,24,25,26,28,29). The van der Waals surface area contributed by atoms with Crippen molar-refractivity contribution in [1.82, 2.24) is 19.5 Å². The topological polar surface area (TPSA) is 149 Å². The molecule has 9 nitrogen and oxygen atoms in total. The van der Waals surface area contributed by atoms with Gasteiger partial charge in [-0.1, -0.05) is 30.3 Å². The number of rotatable bonds is 4. The van der Waals surface area contributed by atoms with Gasteiger partial charge in [-0.3, -0.25) is 9.36 Å². The summed E-state index contributed by atoms with van der Waals surface area (Å²) in [6.45, 7) is 3.73. The van der Waals surface area contributed by atoms with Crippen LogP contribution < -0.4 is 22.3 Å². The second kappa shape index (κ2) is 7.76. The van der Waals surface area contributed by atoms with Gasteiger partial charge in [-0.2, -0.15) is 15.2 Å². The van der Waals surface area contributed by atoms with Crippen LogP contribution in [0.3, 0.4) is 0 Å². The summed E-state index contributed by atoms with van der Waals surface area (Å²) in [6.07, 6.45) is 0. The quantitative estimate of drug-likeness (QED) is 0.463. The predicted octanol–water partition coefficient (Wildman–Crippen LogP) is 2.69. The first-order chi connectivity index (χ1) is 14.9. The zero-order chi connectivity index (χ0) is 22.1. The maximum atomic E-state index is 13.5. The number of nitrogens with two attached hydrogens (primary N) is 2. The van der Waals surface area contributed by atoms with Crippen LogP contribution in [0.5, 0.6) is 0 Å². The van der Waals surface area contributed by atoms with Gasteiger partial charge in [-0.15, -0.1) is 0 Å². The summed E-state index contributed by atoms with van der Waals surface area (Å²) in [5, 5.41) is 13.1. The molecule has 2 aromatic heterocycles. The highest BCUT2D eigenvalue weighted by atomic mass is 16.1. The zero-order valence-electron chi connectivity index (χ0n) is 17.0. The molecule has 0 saturated heterocycles. The van der Waals surface area contributed by atoms with E-state index < -0.39 is 6.04 Å². The van der Waals surface area contributed by atoms with Crippen molar-refractivity contribution in [1.29, 1.82) is 5.26 Å². The molecule has 4 rings (SSSR count). The number of nitrogens with zero attached hydrogens (tertiary/aromatic N) is 5. The van der Waals surface area contributed by atoms with Crippen molar-refractivity contribution in [3.8, 4) is 11.8 Å². The van der Waals surface area contributed by atoms with E-state index in [4.69, 9.17) is 16.5 Å². The lowest BCUT2D eigenvalue weighted by Crippen LogP contribution is -2.28. The molecule has 0 amide bonds. The summed E-state index contributed by atoms with van der Waals surface area (Å²) >= 11 is 0. The van der Waals surface area contributed by atoms with E-state index in [1.165, 1.54) is 0 Å². The Morgan fingerprint density at radius 1 is 1.06 bits per heavy atom. The maximum absolute atomic E-state index is 13.5. The van der Waals surface area contributed by atoms with Gasteiger partial charge in [0.15, 0.2) is 5.82 Å². The Labute approximate surface area is 178 Å². The lowest BCUT2D eigenvalue weighted by atomic mass is 10.1. The first-order valence-corrected chi connectivity index (χ1v) is 9.58. The lowest BCUT2D eigenvalue weighted by Gasteiger charge is -2.21. The van der Waals surface area contributed by atoms with Crippen molar-refractivity contribution in [3.63, 3.8) is 0 Å². The van der Waals surface area contributed by atoms with Crippen molar-refractivity contribution < 1.29 is 0 Å². The van der Waals surface area contributed by atoms with Crippen LogP contribution in [-0.4, -0.2) is 19.5 Å². The van der Waals surface area contributed by atoms with E-state index in [2.05, 4.69) is 15.3 Å². The Morgan fingerprint density at radius 2 is 1.81 bits per heavy atom. The van der Waals surface area contributed by atoms with Crippen LogP contribution in [0.4, 0.5) is 17.6 Å². The fraction of sp³-hybridized carbons (Fsp3) is 0.136. The highest BCUT2D eigenvalue weighted by molar-refractivity contribution is 5.81. The van der Waals surface area contributed by atoms with Crippen LogP contribution in [-0.2, 0) is 0 Å². The molecule has 1 atom stereocenters. The maximum Gasteiger partial charge on any atom is 0.266 e. The first kappa shape index (κ1) is 19.8. The lowest BCUT2D eigenvalue weighted by molar-refractivity contribution is 0.730. The summed E-state index contributed by atoms with van der Waals surface area (Å²) in [5.41, 5.74) is 13.6. The van der Waals surface area contributed by atoms with Crippen molar-refractivity contribution in [2.75, 3.05) is 16.8 Å². The molecule has 0 aliphatic carbocycles. The number of benzene rings is 2. The van der Waals surface area contributed by atoms with E-state index in [9.17, 15) is 10.1 Å². The molecule has 9 heteroatoms. The third kappa shape index (κ3) is 3.51. The molecular weight excluding hydrogens is 392 g/mol. The van der Waals surface area contributed by atoms with Gasteiger partial charge in [0.05, 0.1) is 22.6 Å². The van der Waals surface area contributed by atoms with Crippen LogP contribution in [0.25, 0.3) is 16.6 Å².